The number of aromatic amines is 1. The zero-order valence-electron chi connectivity index (χ0n) is 18.3. The van der Waals surface area contributed by atoms with Gasteiger partial charge < -0.3 is 21.1 Å². The van der Waals surface area contributed by atoms with E-state index < -0.39 is 23.5 Å². The molecule has 3 aromatic carbocycles. The number of carbonyl (C=O) groups is 2. The highest BCUT2D eigenvalue weighted by atomic mass is 35.5. The number of carboxylic acids is 1. The molecule has 1 aliphatic carbocycles. The van der Waals surface area contributed by atoms with E-state index in [1.54, 1.807) is 0 Å². The van der Waals surface area contributed by atoms with Gasteiger partial charge in [0.15, 0.2) is 0 Å². The quantitative estimate of drug-likeness (QED) is 0.338. The second-order valence-electron chi connectivity index (χ2n) is 8.89. The molecule has 0 aliphatic heterocycles. The van der Waals surface area contributed by atoms with E-state index in [4.69, 9.17) is 17.3 Å². The van der Waals surface area contributed by atoms with Crippen LogP contribution >= 0.6 is 11.6 Å². The van der Waals surface area contributed by atoms with Crippen molar-refractivity contribution in [1.29, 1.82) is 0 Å². The molecule has 0 bridgehead atoms. The monoisotopic (exact) mass is 473 g/mol. The van der Waals surface area contributed by atoms with Gasteiger partial charge in [-0.25, -0.2) is 4.79 Å². The molecule has 4 aromatic rings. The Hall–Kier alpha value is -3.61. The average molecular weight is 474 g/mol. The van der Waals surface area contributed by atoms with Crippen molar-refractivity contribution in [3.05, 3.63) is 94.6 Å². The molecule has 5 N–H and O–H groups in total. The molecule has 5 rings (SSSR count). The number of para-hydroxylation sites is 1. The van der Waals surface area contributed by atoms with Crippen molar-refractivity contribution >= 4 is 34.4 Å². The van der Waals surface area contributed by atoms with Crippen LogP contribution in [0.25, 0.3) is 22.0 Å². The van der Waals surface area contributed by atoms with Gasteiger partial charge >= 0.3 is 5.97 Å². The fourth-order valence-electron chi connectivity index (χ4n) is 4.75. The standard InChI is InChI=1S/C27H24ClN3O3/c28-21-9-7-16(8-10-21)17-5-6-18-13-27(26(33)34,14-19(18)11-17)31-25(32)23(29)12-20-15-30-24-4-2-1-3-22(20)24/h1-11,15,23,30H,12-14,29H2,(H,31,32)(H,33,34)/t23-,27?/m1/s1. The summed E-state index contributed by atoms with van der Waals surface area (Å²) in [5.41, 5.74) is 10.5. The molecule has 0 fully saturated rings. The van der Waals surface area contributed by atoms with Crippen LogP contribution in [0.3, 0.4) is 0 Å². The van der Waals surface area contributed by atoms with Gasteiger partial charge in [0.1, 0.15) is 5.54 Å². The minimum absolute atomic E-state index is 0.199. The van der Waals surface area contributed by atoms with Crippen LogP contribution in [0.1, 0.15) is 16.7 Å². The van der Waals surface area contributed by atoms with Gasteiger partial charge in [-0.05, 0) is 52.4 Å². The molecule has 1 aliphatic rings. The van der Waals surface area contributed by atoms with Crippen LogP contribution in [0.5, 0.6) is 0 Å². The number of carboxylic acid groups (broad SMARTS) is 1. The largest absolute Gasteiger partial charge is 0.479 e. The summed E-state index contributed by atoms with van der Waals surface area (Å²) in [6.07, 6.45) is 2.56. The van der Waals surface area contributed by atoms with E-state index >= 15 is 0 Å². The van der Waals surface area contributed by atoms with E-state index in [0.29, 0.717) is 11.4 Å². The first-order chi connectivity index (χ1) is 16.3. The maximum Gasteiger partial charge on any atom is 0.330 e. The Morgan fingerprint density at radius 3 is 2.50 bits per heavy atom. The van der Waals surface area contributed by atoms with E-state index in [0.717, 1.165) is 38.7 Å². The first-order valence-corrected chi connectivity index (χ1v) is 11.5. The van der Waals surface area contributed by atoms with Crippen molar-refractivity contribution in [1.82, 2.24) is 10.3 Å². The Balaban J connectivity index is 1.34. The van der Waals surface area contributed by atoms with E-state index in [1.807, 2.05) is 72.9 Å². The van der Waals surface area contributed by atoms with Gasteiger partial charge in [-0.15, -0.1) is 0 Å². The van der Waals surface area contributed by atoms with Gasteiger partial charge in [0, 0.05) is 35.0 Å². The van der Waals surface area contributed by atoms with Crippen LogP contribution in [0.15, 0.2) is 72.9 Å². The molecule has 1 unspecified atom stereocenters. The van der Waals surface area contributed by atoms with Gasteiger partial charge in [-0.1, -0.05) is 60.1 Å². The third-order valence-corrected chi connectivity index (χ3v) is 6.84. The number of aromatic nitrogens is 1. The predicted molar refractivity (Wildman–Crippen MR) is 133 cm³/mol. The Bertz CT molecular complexity index is 1400. The second-order valence-corrected chi connectivity index (χ2v) is 9.33. The highest BCUT2D eigenvalue weighted by Crippen LogP contribution is 2.34. The number of amides is 1. The Kier molecular flexibility index (Phi) is 5.63. The molecule has 1 amide bonds. The average Bonchev–Trinajstić information content (AvgIpc) is 3.41. The summed E-state index contributed by atoms with van der Waals surface area (Å²) < 4.78 is 0. The number of nitrogens with one attached hydrogen (secondary N) is 2. The van der Waals surface area contributed by atoms with Crippen LogP contribution in [0.4, 0.5) is 0 Å². The lowest BCUT2D eigenvalue weighted by molar-refractivity contribution is -0.147. The highest BCUT2D eigenvalue weighted by molar-refractivity contribution is 6.30. The van der Waals surface area contributed by atoms with Gasteiger partial charge in [0.05, 0.1) is 6.04 Å². The molecule has 34 heavy (non-hydrogen) atoms. The van der Waals surface area contributed by atoms with Crippen LogP contribution in [0, 0.1) is 0 Å². The number of halogens is 1. The van der Waals surface area contributed by atoms with Crippen LogP contribution in [-0.4, -0.2) is 33.5 Å². The number of hydrogen-bond acceptors (Lipinski definition) is 3. The van der Waals surface area contributed by atoms with Crippen molar-refractivity contribution in [2.75, 3.05) is 0 Å². The minimum atomic E-state index is -1.42. The second kappa shape index (κ2) is 8.63. The topological polar surface area (TPSA) is 108 Å². The fourth-order valence-corrected chi connectivity index (χ4v) is 4.88. The summed E-state index contributed by atoms with van der Waals surface area (Å²) in [6, 6.07) is 20.3. The third-order valence-electron chi connectivity index (χ3n) is 6.59. The molecule has 172 valence electrons. The molecule has 1 heterocycles. The lowest BCUT2D eigenvalue weighted by Gasteiger charge is -2.27. The van der Waals surface area contributed by atoms with E-state index in [2.05, 4.69) is 10.3 Å². The number of fused-ring (bicyclic) bond motifs is 2. The van der Waals surface area contributed by atoms with E-state index in [1.165, 1.54) is 0 Å². The molecular formula is C27H24ClN3O3. The maximum absolute atomic E-state index is 13.0. The van der Waals surface area contributed by atoms with Gasteiger partial charge in [-0.2, -0.15) is 0 Å². The minimum Gasteiger partial charge on any atom is -0.479 e. The molecule has 0 radical (unpaired) electrons. The van der Waals surface area contributed by atoms with Crippen LogP contribution < -0.4 is 11.1 Å². The van der Waals surface area contributed by atoms with Crippen molar-refractivity contribution in [3.8, 4) is 11.1 Å². The summed E-state index contributed by atoms with van der Waals surface area (Å²) in [7, 11) is 0. The van der Waals surface area contributed by atoms with Crippen molar-refractivity contribution in [2.45, 2.75) is 30.8 Å². The normalized spacial score (nSPS) is 17.9. The molecular weight excluding hydrogens is 450 g/mol. The highest BCUT2D eigenvalue weighted by Gasteiger charge is 2.46. The van der Waals surface area contributed by atoms with Crippen molar-refractivity contribution in [2.24, 2.45) is 5.73 Å². The lowest BCUT2D eigenvalue weighted by Crippen LogP contribution is -2.59. The molecule has 2 atom stereocenters. The zero-order chi connectivity index (χ0) is 23.9. The van der Waals surface area contributed by atoms with E-state index in [-0.39, 0.29) is 12.8 Å². The lowest BCUT2D eigenvalue weighted by atomic mass is 9.94. The summed E-state index contributed by atoms with van der Waals surface area (Å²) in [5.74, 6) is -1.54. The maximum atomic E-state index is 13.0. The fraction of sp³-hybridized carbons (Fsp3) is 0.185. The predicted octanol–water partition coefficient (Wildman–Crippen LogP) is 4.10. The van der Waals surface area contributed by atoms with Gasteiger partial charge in [0.25, 0.3) is 0 Å². The van der Waals surface area contributed by atoms with Crippen LogP contribution in [-0.2, 0) is 28.9 Å². The van der Waals surface area contributed by atoms with Crippen molar-refractivity contribution in [3.63, 3.8) is 0 Å². The summed E-state index contributed by atoms with van der Waals surface area (Å²) in [5, 5.41) is 14.5. The summed E-state index contributed by atoms with van der Waals surface area (Å²) >= 11 is 5.99. The number of rotatable bonds is 6. The number of aliphatic carboxylic acids is 1. The summed E-state index contributed by atoms with van der Waals surface area (Å²) in [6.45, 7) is 0. The molecule has 0 saturated carbocycles. The molecule has 1 aromatic heterocycles. The molecule has 7 heteroatoms. The van der Waals surface area contributed by atoms with Crippen LogP contribution in [0.2, 0.25) is 5.02 Å². The zero-order valence-corrected chi connectivity index (χ0v) is 19.1. The summed E-state index contributed by atoms with van der Waals surface area (Å²) in [4.78, 5) is 28.6. The number of H-pyrrole nitrogens is 1. The van der Waals surface area contributed by atoms with Gasteiger partial charge in [0.2, 0.25) is 5.91 Å². The van der Waals surface area contributed by atoms with Crippen molar-refractivity contribution < 1.29 is 14.7 Å². The number of benzene rings is 3. The molecule has 6 nitrogen and oxygen atoms in total. The van der Waals surface area contributed by atoms with E-state index in [9.17, 15) is 14.7 Å². The number of hydrogen-bond donors (Lipinski definition) is 4. The first kappa shape index (κ1) is 22.2. The molecule has 0 spiro atoms. The van der Waals surface area contributed by atoms with Gasteiger partial charge in [-0.3, -0.25) is 4.79 Å². The number of nitrogens with two attached hydrogens (primary N) is 1. The third kappa shape index (κ3) is 4.06. The Morgan fingerprint density at radius 2 is 1.74 bits per heavy atom. The molecule has 0 saturated heterocycles. The Labute approximate surface area is 201 Å². The smallest absolute Gasteiger partial charge is 0.330 e. The first-order valence-electron chi connectivity index (χ1n) is 11.1. The Morgan fingerprint density at radius 1 is 1.03 bits per heavy atom. The SMILES string of the molecule is N[C@H](Cc1c[nH]c2ccccc12)C(=O)NC1(C(=O)O)Cc2ccc(-c3ccc(Cl)cc3)cc2C1. The number of carbonyl (C=O) groups excluding carboxylic acids is 1.